The van der Waals surface area contributed by atoms with E-state index >= 15 is 0 Å². The van der Waals surface area contributed by atoms with Crippen molar-refractivity contribution in [2.24, 2.45) is 17.8 Å². The minimum atomic E-state index is -1.45. The van der Waals surface area contributed by atoms with E-state index in [9.17, 15) is 14.0 Å². The molecule has 1 heterocycles. The summed E-state index contributed by atoms with van der Waals surface area (Å²) in [5.74, 6) is 1.30. The second-order valence-corrected chi connectivity index (χ2v) is 8.25. The molecule has 0 aliphatic heterocycles. The average Bonchev–Trinajstić information content (AvgIpc) is 3.12. The lowest BCUT2D eigenvalue weighted by molar-refractivity contribution is -0.127. The lowest BCUT2D eigenvalue weighted by atomic mass is 9.68. The highest BCUT2D eigenvalue weighted by Crippen LogP contribution is 2.42. The fourth-order valence-electron chi connectivity index (χ4n) is 4.65. The third-order valence-electron chi connectivity index (χ3n) is 6.10. The van der Waals surface area contributed by atoms with Crippen molar-refractivity contribution in [2.75, 3.05) is 6.54 Å². The predicted molar refractivity (Wildman–Crippen MR) is 96.1 cm³/mol. The number of allylic oxidation sites excluding steroid dienone is 2. The number of hydrogen-bond acceptors (Lipinski definition) is 4. The molecule has 1 aromatic heterocycles. The Morgan fingerprint density at radius 3 is 2.56 bits per heavy atom. The van der Waals surface area contributed by atoms with Crippen LogP contribution in [-0.4, -0.2) is 45.1 Å². The van der Waals surface area contributed by atoms with Gasteiger partial charge >= 0.3 is 0 Å². The zero-order valence-corrected chi connectivity index (χ0v) is 15.3. The van der Waals surface area contributed by atoms with Gasteiger partial charge in [0.1, 0.15) is 12.2 Å². The summed E-state index contributed by atoms with van der Waals surface area (Å²) in [4.78, 5) is 25.3. The first kappa shape index (κ1) is 18.1. The summed E-state index contributed by atoms with van der Waals surface area (Å²) in [5.41, 5.74) is -1.45. The molecule has 4 aliphatic carbocycles. The lowest BCUT2D eigenvalue weighted by Crippen LogP contribution is -2.57. The number of aromatic nitrogens is 3. The second-order valence-electron chi connectivity index (χ2n) is 8.25. The minimum absolute atomic E-state index is 0.0265. The summed E-state index contributed by atoms with van der Waals surface area (Å²) in [5, 5.41) is 13.2. The molecular formula is C19H26FN5O2. The van der Waals surface area contributed by atoms with E-state index in [-0.39, 0.29) is 43.8 Å². The van der Waals surface area contributed by atoms with Gasteiger partial charge in [-0.05, 0) is 37.0 Å². The van der Waals surface area contributed by atoms with Gasteiger partial charge in [0.05, 0.1) is 18.9 Å². The molecule has 2 amide bonds. The average molecular weight is 375 g/mol. The first-order chi connectivity index (χ1) is 13.0. The smallest absolute Gasteiger partial charge is 0.243 e. The van der Waals surface area contributed by atoms with E-state index in [4.69, 9.17) is 0 Å². The Morgan fingerprint density at radius 1 is 1.15 bits per heavy atom. The van der Waals surface area contributed by atoms with Crippen molar-refractivity contribution in [2.45, 2.75) is 56.8 Å². The van der Waals surface area contributed by atoms with Crippen LogP contribution < -0.4 is 10.6 Å². The highest BCUT2D eigenvalue weighted by Gasteiger charge is 2.46. The first-order valence-electron chi connectivity index (χ1n) is 9.76. The lowest BCUT2D eigenvalue weighted by Gasteiger charge is -2.42. The number of halogens is 1. The first-order valence-corrected chi connectivity index (χ1v) is 9.76. The van der Waals surface area contributed by atoms with Gasteiger partial charge in [-0.2, -0.15) is 15.0 Å². The molecule has 0 spiro atoms. The minimum Gasteiger partial charge on any atom is -0.353 e. The molecule has 5 rings (SSSR count). The summed E-state index contributed by atoms with van der Waals surface area (Å²) >= 11 is 0. The van der Waals surface area contributed by atoms with Crippen LogP contribution in [0.15, 0.2) is 24.5 Å². The number of fused-ring (bicyclic) bond motifs is 2. The molecule has 1 aromatic rings. The van der Waals surface area contributed by atoms with E-state index in [1.807, 2.05) is 0 Å². The Hall–Kier alpha value is -2.25. The Labute approximate surface area is 157 Å². The van der Waals surface area contributed by atoms with Gasteiger partial charge in [0, 0.05) is 25.3 Å². The zero-order valence-electron chi connectivity index (χ0n) is 15.3. The van der Waals surface area contributed by atoms with E-state index in [0.717, 1.165) is 6.42 Å². The maximum absolute atomic E-state index is 14.6. The van der Waals surface area contributed by atoms with E-state index < -0.39 is 5.67 Å². The largest absolute Gasteiger partial charge is 0.353 e. The molecule has 7 nitrogen and oxygen atoms in total. The SMILES string of the molecule is O=C(Cn1nccn1)NCC1(F)CC(NC(=O)C[C@@H]2C[C@@H]3C=C[C@H]2CC3)C1. The topological polar surface area (TPSA) is 88.9 Å². The van der Waals surface area contributed by atoms with E-state index in [0.29, 0.717) is 24.2 Å². The second kappa shape index (κ2) is 7.40. The number of carbonyl (C=O) groups is 2. The van der Waals surface area contributed by atoms with Crippen molar-refractivity contribution < 1.29 is 14.0 Å². The van der Waals surface area contributed by atoms with Crippen LogP contribution in [0.4, 0.5) is 4.39 Å². The van der Waals surface area contributed by atoms with Crippen LogP contribution in [0, 0.1) is 17.8 Å². The van der Waals surface area contributed by atoms with Gasteiger partial charge in [-0.1, -0.05) is 12.2 Å². The summed E-state index contributed by atoms with van der Waals surface area (Å²) in [6, 6.07) is -0.136. The monoisotopic (exact) mass is 375 g/mol. The molecule has 2 bridgehead atoms. The standard InChI is InChI=1S/C19H26FN5O2/c20-19(12-21-18(27)11-25-22-5-6-23-25)9-16(10-19)24-17(26)8-15-7-13-1-3-14(15)4-2-13/h1,3,5-6,13-16H,2,4,7-12H2,(H,21,27)(H,24,26)/t13-,14+,15+,16?,19?/m1/s1. The molecular weight excluding hydrogens is 349 g/mol. The molecule has 0 aromatic carbocycles. The van der Waals surface area contributed by atoms with Gasteiger partial charge in [-0.3, -0.25) is 9.59 Å². The van der Waals surface area contributed by atoms with E-state index in [1.165, 1.54) is 30.0 Å². The van der Waals surface area contributed by atoms with Gasteiger partial charge in [0.15, 0.2) is 0 Å². The number of carbonyl (C=O) groups excluding carboxylic acids is 2. The van der Waals surface area contributed by atoms with Gasteiger partial charge in [-0.25, -0.2) is 4.39 Å². The molecule has 4 aliphatic rings. The van der Waals surface area contributed by atoms with Crippen molar-refractivity contribution >= 4 is 11.8 Å². The van der Waals surface area contributed by atoms with Crippen LogP contribution in [0.3, 0.4) is 0 Å². The number of hydrogen-bond donors (Lipinski definition) is 2. The normalized spacial score (nSPS) is 34.1. The van der Waals surface area contributed by atoms with Crippen molar-refractivity contribution in [3.8, 4) is 0 Å². The quantitative estimate of drug-likeness (QED) is 0.705. The summed E-state index contributed by atoms with van der Waals surface area (Å²) in [6.07, 6.45) is 12.1. The molecule has 8 heteroatoms. The Kier molecular flexibility index (Phi) is 4.97. The van der Waals surface area contributed by atoms with Gasteiger partial charge < -0.3 is 10.6 Å². The van der Waals surface area contributed by atoms with E-state index in [1.54, 1.807) is 0 Å². The van der Waals surface area contributed by atoms with E-state index in [2.05, 4.69) is 33.0 Å². The number of nitrogens with one attached hydrogen (secondary N) is 2. The fraction of sp³-hybridized carbons (Fsp3) is 0.684. The summed E-state index contributed by atoms with van der Waals surface area (Å²) in [6.45, 7) is -0.0715. The highest BCUT2D eigenvalue weighted by molar-refractivity contribution is 5.77. The van der Waals surface area contributed by atoms with Gasteiger partial charge in [0.25, 0.3) is 0 Å². The van der Waals surface area contributed by atoms with Crippen molar-refractivity contribution in [1.82, 2.24) is 25.6 Å². The molecule has 146 valence electrons. The van der Waals surface area contributed by atoms with Crippen LogP contribution in [0.2, 0.25) is 0 Å². The number of amides is 2. The fourth-order valence-corrected chi connectivity index (χ4v) is 4.65. The number of alkyl halides is 1. The maximum Gasteiger partial charge on any atom is 0.243 e. The molecule has 0 radical (unpaired) electrons. The molecule has 0 unspecified atom stereocenters. The summed E-state index contributed by atoms with van der Waals surface area (Å²) < 4.78 is 14.6. The van der Waals surface area contributed by atoms with Gasteiger partial charge in [-0.15, -0.1) is 0 Å². The molecule has 2 N–H and O–H groups in total. The predicted octanol–water partition coefficient (Wildman–Crippen LogP) is 1.37. The Balaban J connectivity index is 1.15. The third kappa shape index (κ3) is 4.36. The van der Waals surface area contributed by atoms with Crippen LogP contribution in [0.25, 0.3) is 0 Å². The molecule has 2 fully saturated rings. The van der Waals surface area contributed by atoms with Crippen molar-refractivity contribution in [1.29, 1.82) is 0 Å². The zero-order chi connectivity index (χ0) is 18.9. The molecule has 3 atom stereocenters. The highest BCUT2D eigenvalue weighted by atomic mass is 19.1. The van der Waals surface area contributed by atoms with Crippen LogP contribution in [0.5, 0.6) is 0 Å². The van der Waals surface area contributed by atoms with Crippen molar-refractivity contribution in [3.63, 3.8) is 0 Å². The maximum atomic E-state index is 14.6. The van der Waals surface area contributed by atoms with Gasteiger partial charge in [0.2, 0.25) is 11.8 Å². The Bertz CT molecular complexity index is 714. The van der Waals surface area contributed by atoms with Crippen LogP contribution in [0.1, 0.15) is 38.5 Å². The number of rotatable bonds is 7. The van der Waals surface area contributed by atoms with Crippen LogP contribution >= 0.6 is 0 Å². The number of nitrogens with zero attached hydrogens (tertiary/aromatic N) is 3. The Morgan fingerprint density at radius 2 is 1.93 bits per heavy atom. The summed E-state index contributed by atoms with van der Waals surface area (Å²) in [7, 11) is 0. The van der Waals surface area contributed by atoms with Crippen LogP contribution in [-0.2, 0) is 16.1 Å². The molecule has 2 saturated carbocycles. The third-order valence-corrected chi connectivity index (χ3v) is 6.10. The molecule has 0 saturated heterocycles. The molecule has 27 heavy (non-hydrogen) atoms. The van der Waals surface area contributed by atoms with Crippen molar-refractivity contribution in [3.05, 3.63) is 24.5 Å².